The minimum atomic E-state index is -0.688. The van der Waals surface area contributed by atoms with Crippen molar-refractivity contribution in [2.45, 2.75) is 31.9 Å². The Labute approximate surface area is 116 Å². The average molecular weight is 279 g/mol. The molecule has 0 aliphatic carbocycles. The Kier molecular flexibility index (Phi) is 4.19. The maximum Gasteiger partial charge on any atom is 0.293 e. The number of ether oxygens (including phenoxy) is 1. The molecule has 1 aromatic carbocycles. The number of hydrogen-bond acceptors (Lipinski definition) is 5. The molecule has 108 valence electrons. The second-order valence-electron chi connectivity index (χ2n) is 4.84. The van der Waals surface area contributed by atoms with Crippen molar-refractivity contribution in [3.05, 3.63) is 33.9 Å². The number of nitro benzene ring substituents is 1. The summed E-state index contributed by atoms with van der Waals surface area (Å²) in [5.74, 6) is -0.688. The van der Waals surface area contributed by atoms with Crippen LogP contribution in [0.1, 0.15) is 30.1 Å². The molecule has 2 atom stereocenters. The molecule has 3 N–H and O–H groups in total. The van der Waals surface area contributed by atoms with E-state index < -0.39 is 10.8 Å². The Balaban J connectivity index is 2.21. The van der Waals surface area contributed by atoms with Gasteiger partial charge in [0.2, 0.25) is 5.91 Å². The Morgan fingerprint density at radius 3 is 2.90 bits per heavy atom. The molecule has 0 radical (unpaired) electrons. The maximum absolute atomic E-state index is 11.1. The fourth-order valence-corrected chi connectivity index (χ4v) is 2.29. The molecule has 1 fully saturated rings. The Morgan fingerprint density at radius 2 is 2.35 bits per heavy atom. The third-order valence-electron chi connectivity index (χ3n) is 3.38. The maximum atomic E-state index is 11.1. The second kappa shape index (κ2) is 5.87. The van der Waals surface area contributed by atoms with E-state index in [4.69, 9.17) is 10.5 Å². The largest absolute Gasteiger partial charge is 0.376 e. The summed E-state index contributed by atoms with van der Waals surface area (Å²) in [6.45, 7) is 2.64. The molecule has 0 aromatic heterocycles. The second-order valence-corrected chi connectivity index (χ2v) is 4.84. The minimum Gasteiger partial charge on any atom is -0.376 e. The molecule has 1 aromatic rings. The average Bonchev–Trinajstić information content (AvgIpc) is 2.92. The molecule has 20 heavy (non-hydrogen) atoms. The highest BCUT2D eigenvalue weighted by atomic mass is 16.6. The summed E-state index contributed by atoms with van der Waals surface area (Å²) in [7, 11) is 0. The third kappa shape index (κ3) is 3.05. The van der Waals surface area contributed by atoms with E-state index in [0.29, 0.717) is 5.69 Å². The molecule has 1 aliphatic rings. The molecule has 0 spiro atoms. The van der Waals surface area contributed by atoms with E-state index in [0.717, 1.165) is 19.4 Å². The standard InChI is InChI=1S/C13H17N3O4/c1-8(12-3-2-6-20-12)15-10-5-4-9(13(14)17)7-11(10)16(18)19/h4-5,7-8,12,15H,2-3,6H2,1H3,(H2,14,17). The third-order valence-corrected chi connectivity index (χ3v) is 3.38. The zero-order chi connectivity index (χ0) is 14.7. The molecule has 2 unspecified atom stereocenters. The summed E-state index contributed by atoms with van der Waals surface area (Å²) < 4.78 is 5.54. The van der Waals surface area contributed by atoms with Gasteiger partial charge in [0.15, 0.2) is 0 Å². The minimum absolute atomic E-state index is 0.0457. The number of nitrogens with two attached hydrogens (primary N) is 1. The first kappa shape index (κ1) is 14.3. The van der Waals surface area contributed by atoms with Crippen molar-refractivity contribution in [1.82, 2.24) is 0 Å². The number of nitrogens with zero attached hydrogens (tertiary/aromatic N) is 1. The van der Waals surface area contributed by atoms with Gasteiger partial charge >= 0.3 is 0 Å². The fourth-order valence-electron chi connectivity index (χ4n) is 2.29. The van der Waals surface area contributed by atoms with Gasteiger partial charge in [-0.2, -0.15) is 0 Å². The Bertz CT molecular complexity index is 526. The van der Waals surface area contributed by atoms with Crippen LogP contribution >= 0.6 is 0 Å². The number of carbonyl (C=O) groups is 1. The lowest BCUT2D eigenvalue weighted by Gasteiger charge is -2.21. The molecule has 1 heterocycles. The predicted molar refractivity (Wildman–Crippen MR) is 73.7 cm³/mol. The van der Waals surface area contributed by atoms with Crippen LogP contribution in [0.25, 0.3) is 0 Å². The van der Waals surface area contributed by atoms with Gasteiger partial charge < -0.3 is 15.8 Å². The van der Waals surface area contributed by atoms with Gasteiger partial charge in [-0.25, -0.2) is 0 Å². The SMILES string of the molecule is CC(Nc1ccc(C(N)=O)cc1[N+](=O)[O-])C1CCCO1. The Morgan fingerprint density at radius 1 is 1.60 bits per heavy atom. The van der Waals surface area contributed by atoms with Crippen LogP contribution in [0, 0.1) is 10.1 Å². The van der Waals surface area contributed by atoms with Crippen molar-refractivity contribution in [2.75, 3.05) is 11.9 Å². The molecule has 1 aliphatic heterocycles. The highest BCUT2D eigenvalue weighted by molar-refractivity contribution is 5.94. The summed E-state index contributed by atoms with van der Waals surface area (Å²) in [5, 5.41) is 14.2. The van der Waals surface area contributed by atoms with Crippen LogP contribution in [0.4, 0.5) is 11.4 Å². The molecule has 1 amide bonds. The first-order chi connectivity index (χ1) is 9.49. The number of amides is 1. The van der Waals surface area contributed by atoms with Crippen molar-refractivity contribution in [3.8, 4) is 0 Å². The van der Waals surface area contributed by atoms with Gasteiger partial charge in [0, 0.05) is 24.3 Å². The van der Waals surface area contributed by atoms with Crippen LogP contribution in [-0.2, 0) is 4.74 Å². The lowest BCUT2D eigenvalue weighted by molar-refractivity contribution is -0.384. The van der Waals surface area contributed by atoms with Gasteiger partial charge in [0.05, 0.1) is 11.0 Å². The van der Waals surface area contributed by atoms with Crippen LogP contribution < -0.4 is 11.1 Å². The monoisotopic (exact) mass is 279 g/mol. The number of primary amides is 1. The van der Waals surface area contributed by atoms with Gasteiger partial charge in [0.25, 0.3) is 5.69 Å². The number of nitrogens with one attached hydrogen (secondary N) is 1. The van der Waals surface area contributed by atoms with Crippen molar-refractivity contribution >= 4 is 17.3 Å². The summed E-state index contributed by atoms with van der Waals surface area (Å²) in [5.41, 5.74) is 5.45. The highest BCUT2D eigenvalue weighted by Gasteiger charge is 2.25. The van der Waals surface area contributed by atoms with Crippen LogP contribution in [0.3, 0.4) is 0 Å². The van der Waals surface area contributed by atoms with Crippen molar-refractivity contribution < 1.29 is 14.5 Å². The van der Waals surface area contributed by atoms with Gasteiger partial charge in [-0.15, -0.1) is 0 Å². The lowest BCUT2D eigenvalue weighted by atomic mass is 10.1. The predicted octanol–water partition coefficient (Wildman–Crippen LogP) is 1.67. The van der Waals surface area contributed by atoms with Gasteiger partial charge in [-0.1, -0.05) is 0 Å². The summed E-state index contributed by atoms with van der Waals surface area (Å²) >= 11 is 0. The zero-order valence-corrected chi connectivity index (χ0v) is 11.2. The van der Waals surface area contributed by atoms with Crippen molar-refractivity contribution in [3.63, 3.8) is 0 Å². The first-order valence-corrected chi connectivity index (χ1v) is 6.45. The van der Waals surface area contributed by atoms with Crippen LogP contribution in [0.2, 0.25) is 0 Å². The number of hydrogen-bond donors (Lipinski definition) is 2. The molecular formula is C13H17N3O4. The van der Waals surface area contributed by atoms with E-state index >= 15 is 0 Å². The van der Waals surface area contributed by atoms with Gasteiger partial charge in [0.1, 0.15) is 5.69 Å². The molecule has 0 bridgehead atoms. The van der Waals surface area contributed by atoms with E-state index in [1.54, 1.807) is 0 Å². The highest BCUT2D eigenvalue weighted by Crippen LogP contribution is 2.28. The normalized spacial score (nSPS) is 19.6. The molecule has 0 saturated carbocycles. The molecule has 7 nitrogen and oxygen atoms in total. The van der Waals surface area contributed by atoms with Crippen LogP contribution in [0.15, 0.2) is 18.2 Å². The quantitative estimate of drug-likeness (QED) is 0.629. The number of carbonyl (C=O) groups excluding carboxylic acids is 1. The van der Waals surface area contributed by atoms with Crippen LogP contribution in [0.5, 0.6) is 0 Å². The van der Waals surface area contributed by atoms with Crippen LogP contribution in [-0.4, -0.2) is 29.6 Å². The summed E-state index contributed by atoms with van der Waals surface area (Å²) in [6.07, 6.45) is 1.98. The first-order valence-electron chi connectivity index (χ1n) is 6.45. The molecule has 1 saturated heterocycles. The summed E-state index contributed by atoms with van der Waals surface area (Å²) in [4.78, 5) is 21.6. The van der Waals surface area contributed by atoms with E-state index in [1.807, 2.05) is 6.92 Å². The topological polar surface area (TPSA) is 107 Å². The molecular weight excluding hydrogens is 262 g/mol. The number of anilines is 1. The van der Waals surface area contributed by atoms with E-state index in [2.05, 4.69) is 5.32 Å². The van der Waals surface area contributed by atoms with Gasteiger partial charge in [-0.3, -0.25) is 14.9 Å². The fraction of sp³-hybridized carbons (Fsp3) is 0.462. The molecule has 7 heteroatoms. The lowest BCUT2D eigenvalue weighted by Crippen LogP contribution is -2.30. The summed E-state index contributed by atoms with van der Waals surface area (Å²) in [6, 6.07) is 4.12. The van der Waals surface area contributed by atoms with Gasteiger partial charge in [-0.05, 0) is 31.9 Å². The van der Waals surface area contributed by atoms with E-state index in [-0.39, 0.29) is 23.4 Å². The van der Waals surface area contributed by atoms with Crippen molar-refractivity contribution in [1.29, 1.82) is 0 Å². The van der Waals surface area contributed by atoms with E-state index in [1.165, 1.54) is 18.2 Å². The zero-order valence-electron chi connectivity index (χ0n) is 11.2. The number of nitro groups is 1. The molecule has 2 rings (SSSR count). The van der Waals surface area contributed by atoms with E-state index in [9.17, 15) is 14.9 Å². The Hall–Kier alpha value is -2.15. The van der Waals surface area contributed by atoms with Crippen molar-refractivity contribution in [2.24, 2.45) is 5.73 Å². The number of benzene rings is 1. The smallest absolute Gasteiger partial charge is 0.293 e. The number of rotatable bonds is 5.